The number of hydrogen-bond donors (Lipinski definition) is 14. The summed E-state index contributed by atoms with van der Waals surface area (Å²) >= 11 is 0.829. The molecule has 0 spiro atoms. The van der Waals surface area contributed by atoms with Crippen molar-refractivity contribution in [2.75, 3.05) is 72.9 Å². The van der Waals surface area contributed by atoms with Crippen molar-refractivity contribution in [2.24, 2.45) is 23.5 Å². The summed E-state index contributed by atoms with van der Waals surface area (Å²) in [6.07, 6.45) is -0.0121. The second-order valence-corrected chi connectivity index (χ2v) is 34.6. The van der Waals surface area contributed by atoms with Gasteiger partial charge < -0.3 is 98.4 Å². The van der Waals surface area contributed by atoms with E-state index in [2.05, 4.69) is 52.8 Å². The lowest BCUT2D eigenvalue weighted by atomic mass is 9.96. The smallest absolute Gasteiger partial charge is 0.305 e. The van der Waals surface area contributed by atoms with Gasteiger partial charge >= 0.3 is 5.97 Å². The number of aromatic nitrogens is 1. The van der Waals surface area contributed by atoms with Gasteiger partial charge in [-0.25, -0.2) is 4.39 Å². The second-order valence-electron chi connectivity index (χ2n) is 33.6. The van der Waals surface area contributed by atoms with Crippen LogP contribution in [0.25, 0.3) is 10.9 Å². The van der Waals surface area contributed by atoms with Gasteiger partial charge in [0.15, 0.2) is 0 Å². The zero-order valence-corrected chi connectivity index (χ0v) is 75.9. The van der Waals surface area contributed by atoms with Crippen molar-refractivity contribution >= 4 is 117 Å². The highest BCUT2D eigenvalue weighted by atomic mass is 32.2. The molecule has 1 aromatic heterocycles. The number of aromatic amines is 1. The van der Waals surface area contributed by atoms with E-state index in [0.717, 1.165) is 48.4 Å². The predicted molar refractivity (Wildman–Crippen MR) is 487 cm³/mol. The first kappa shape index (κ1) is 103. The number of nitrogens with one attached hydrogen (secondary N) is 10. The zero-order chi connectivity index (χ0) is 95.9. The Kier molecular flexibility index (Phi) is 39.0. The monoisotopic (exact) mass is 1830 g/mol. The minimum atomic E-state index is -1.94. The molecule has 131 heavy (non-hydrogen) atoms. The van der Waals surface area contributed by atoms with Gasteiger partial charge in [-0.2, -0.15) is 0 Å². The Bertz CT molecular complexity index is 5160. The number of likely N-dealkylation sites (N-methyl/N-ethyl adjacent to an activating group) is 5. The number of nitrogens with two attached hydrogens (primary N) is 1. The number of carboxylic acid groups (broad SMARTS) is 1. The van der Waals surface area contributed by atoms with Crippen molar-refractivity contribution in [3.8, 4) is 11.5 Å². The number of aliphatic carboxylic acids is 1. The number of unbranched alkanes of at least 4 members (excludes halogenated alkanes) is 1. The third-order valence-corrected chi connectivity index (χ3v) is 23.5. The largest absolute Gasteiger partial charge is 0.508 e. The van der Waals surface area contributed by atoms with Crippen LogP contribution in [0.4, 0.5) is 4.39 Å². The van der Waals surface area contributed by atoms with E-state index in [0.29, 0.717) is 51.6 Å². The molecule has 1 fully saturated rings. The topological polar surface area (TPSA) is 500 Å². The molecule has 7 aromatic rings. The number of primary amides is 1. The number of carbonyl (C=O) groups excluding carboxylic acids is 15. The minimum absolute atomic E-state index is 0.0129. The van der Waals surface area contributed by atoms with Crippen LogP contribution < -0.4 is 53.6 Å². The molecule has 0 saturated carbocycles. The molecule has 702 valence electrons. The van der Waals surface area contributed by atoms with Gasteiger partial charge in [-0.1, -0.05) is 163 Å². The van der Waals surface area contributed by atoms with Gasteiger partial charge in [0.2, 0.25) is 88.6 Å². The highest BCUT2D eigenvalue weighted by Crippen LogP contribution is 2.26. The van der Waals surface area contributed by atoms with E-state index in [-0.39, 0.29) is 73.7 Å². The van der Waals surface area contributed by atoms with E-state index in [1.54, 1.807) is 105 Å². The van der Waals surface area contributed by atoms with Crippen molar-refractivity contribution in [1.29, 1.82) is 0 Å². The lowest BCUT2D eigenvalue weighted by Crippen LogP contribution is -2.61. The quantitative estimate of drug-likeness (QED) is 0.0438. The number of H-pyrrole nitrogens is 1. The summed E-state index contributed by atoms with van der Waals surface area (Å²) in [6, 6.07) is 25.2. The van der Waals surface area contributed by atoms with Crippen LogP contribution in [0.1, 0.15) is 100 Å². The van der Waals surface area contributed by atoms with Crippen LogP contribution in [-0.4, -0.2) is 273 Å². The molecule has 35 nitrogen and oxygen atoms in total. The van der Waals surface area contributed by atoms with Gasteiger partial charge in [-0.15, -0.1) is 11.8 Å². The molecule has 0 bridgehead atoms. The fourth-order valence-corrected chi connectivity index (χ4v) is 16.0. The maximum absolute atomic E-state index is 15.5. The fourth-order valence-electron chi connectivity index (χ4n) is 15.2. The summed E-state index contributed by atoms with van der Waals surface area (Å²) in [5.41, 5.74) is 8.86. The van der Waals surface area contributed by atoms with Crippen LogP contribution in [0, 0.1) is 23.6 Å². The van der Waals surface area contributed by atoms with Crippen molar-refractivity contribution in [3.05, 3.63) is 203 Å². The van der Waals surface area contributed by atoms with Gasteiger partial charge in [0.25, 0.3) is 0 Å². The Morgan fingerprint density at radius 1 is 0.504 bits per heavy atom. The molecule has 1 aliphatic rings. The van der Waals surface area contributed by atoms with E-state index in [1.165, 1.54) is 110 Å². The maximum Gasteiger partial charge on any atom is 0.305 e. The predicted octanol–water partition coefficient (Wildman–Crippen LogP) is 2.71. The van der Waals surface area contributed by atoms with Gasteiger partial charge in [0.1, 0.15) is 77.7 Å². The summed E-state index contributed by atoms with van der Waals surface area (Å²) in [6.45, 7) is 5.66. The number of halogens is 1. The van der Waals surface area contributed by atoms with Crippen LogP contribution in [0.2, 0.25) is 0 Å². The molecular formula is C94H119FN16O19S. The van der Waals surface area contributed by atoms with Crippen LogP contribution in [0.5, 0.6) is 11.5 Å². The SMILES string of the molecule is CCCC[C@H]1C(=O)N(C)CC(=O)N[C@@H](CC(=O)O)C(=O)N[C@@H](C(C)C)C(=O)N(C)[C@@H](Cc2cccc(F)c2)C(=O)N[C@@H](Cc2ccc(O)cc2)C(=O)N(C)CC(=O)NC[C@@H](Cc2c[nH]c3ccccc23)C(=O)N[C@@H](Cc2ccc(O)cc2)C(=O)N[C@@H](CC(C)C)C(=O)N[C@H](C(=O)NCC(N)=O)CSCC(=O)N[C@@H](Cc2ccccc2)C(=O)N(C)[C@@H](Cc2ccccc2)C(=O)N1C. The number of nitrogens with zero attached hydrogens (tertiary/aromatic N) is 5. The standard InChI is InChI=1S/C94H119FN16O19S/c1-11-12-30-75-92(128)108(7)52-80(116)100-71(47-82(118)119)88(124)106-83(56(4)5)94(130)110(9)76(45-61-26-21-27-64(95)40-61)89(125)104-72(43-60-33-37-66(113)38-34-60)90(126)107(6)51-79(115)98-49-63(46-62-48-97-68-29-20-19-28-67(62)68)84(120)102-70(41-59-31-35-65(112)36-32-59)87(123)103-69(39-55(2)3)86(122)105-74(85(121)99-50-78(96)114)53-131-54-81(117)101-73(42-57-22-15-13-16-23-57)91(127)111(10)77(93(129)109(75)8)44-58-24-17-14-18-25-58/h13-29,31-38,40,48,55-56,63,69-77,83,97,112-113H,11-12,30,39,41-47,49-54H2,1-10H3,(H2,96,114)(H,98,115)(H,99,121)(H,100,116)(H,101,117)(H,102,120)(H,103,123)(H,104,125)(H,105,122)(H,106,124)(H,118,119)/t63-,69+,70+,71+,72+,73+,74+,75+,76+,77+,83+/m1/s1. The number of para-hydroxylation sites is 1. The summed E-state index contributed by atoms with van der Waals surface area (Å²) in [5, 5.41) is 55.5. The van der Waals surface area contributed by atoms with Crippen molar-refractivity contribution in [1.82, 2.24) is 77.3 Å². The highest BCUT2D eigenvalue weighted by molar-refractivity contribution is 8.00. The molecule has 2 heterocycles. The van der Waals surface area contributed by atoms with Gasteiger partial charge in [-0.3, -0.25) is 76.7 Å². The van der Waals surface area contributed by atoms with Gasteiger partial charge in [-0.05, 0) is 107 Å². The number of benzene rings is 6. The Labute approximate surface area is 763 Å². The van der Waals surface area contributed by atoms with Gasteiger partial charge in [0.05, 0.1) is 37.7 Å². The molecule has 1 aliphatic heterocycles. The number of hydrogen-bond acceptors (Lipinski definition) is 19. The fraction of sp³-hybridized carbons (Fsp3) is 0.426. The van der Waals surface area contributed by atoms with E-state index in [9.17, 15) is 58.5 Å². The molecule has 0 unspecified atom stereocenters. The summed E-state index contributed by atoms with van der Waals surface area (Å²) in [5.74, 6) is -19.5. The van der Waals surface area contributed by atoms with Crippen LogP contribution >= 0.6 is 11.8 Å². The van der Waals surface area contributed by atoms with E-state index < -0.39 is 217 Å². The lowest BCUT2D eigenvalue weighted by Gasteiger charge is -2.37. The van der Waals surface area contributed by atoms with Crippen molar-refractivity contribution in [2.45, 2.75) is 166 Å². The van der Waals surface area contributed by atoms with Crippen LogP contribution in [-0.2, 0) is 115 Å². The first-order chi connectivity index (χ1) is 62.3. The number of carboxylic acids is 1. The number of aromatic hydroxyl groups is 2. The summed E-state index contributed by atoms with van der Waals surface area (Å²) in [7, 11) is 6.41. The van der Waals surface area contributed by atoms with Crippen molar-refractivity contribution in [3.63, 3.8) is 0 Å². The first-order valence-electron chi connectivity index (χ1n) is 43.2. The number of rotatable bonds is 23. The number of carbonyl (C=O) groups is 16. The van der Waals surface area contributed by atoms with E-state index in [4.69, 9.17) is 5.73 Å². The molecule has 0 aliphatic carbocycles. The molecule has 6 aromatic carbocycles. The molecule has 37 heteroatoms. The number of phenolic OH excluding ortho intramolecular Hbond substituents is 2. The minimum Gasteiger partial charge on any atom is -0.508 e. The summed E-state index contributed by atoms with van der Waals surface area (Å²) in [4.78, 5) is 243. The molecule has 0 radical (unpaired) electrons. The molecule has 15 amide bonds. The van der Waals surface area contributed by atoms with Gasteiger partial charge in [0, 0.05) is 96.7 Å². The molecule has 8 rings (SSSR count). The summed E-state index contributed by atoms with van der Waals surface area (Å²) < 4.78 is 15.2. The Morgan fingerprint density at radius 3 is 1.61 bits per heavy atom. The third-order valence-electron chi connectivity index (χ3n) is 22.4. The second kappa shape index (κ2) is 49.7. The highest BCUT2D eigenvalue weighted by Gasteiger charge is 2.42. The molecule has 15 N–H and O–H groups in total. The normalized spacial score (nSPS) is 21.9. The number of fused-ring (bicyclic) bond motifs is 1. The number of phenols is 2. The Balaban J connectivity index is 1.20. The lowest BCUT2D eigenvalue weighted by molar-refractivity contribution is -0.151. The van der Waals surface area contributed by atoms with E-state index in [1.807, 2.05) is 6.92 Å². The molecule has 1 saturated heterocycles. The number of thioether (sulfide) groups is 1. The zero-order valence-electron chi connectivity index (χ0n) is 75.1. The third kappa shape index (κ3) is 31.3. The van der Waals surface area contributed by atoms with Crippen molar-refractivity contribution < 1.29 is 96.4 Å². The average molecular weight is 1830 g/mol. The first-order valence-corrected chi connectivity index (χ1v) is 44.4. The Morgan fingerprint density at radius 2 is 1.02 bits per heavy atom. The number of amides is 15. The maximum atomic E-state index is 15.5. The van der Waals surface area contributed by atoms with Crippen LogP contribution in [0.15, 0.2) is 164 Å². The van der Waals surface area contributed by atoms with E-state index >= 15 is 38.0 Å². The molecular weight excluding hydrogens is 1710 g/mol. The average Bonchev–Trinajstić information content (AvgIpc) is 1.77. The van der Waals surface area contributed by atoms with Crippen LogP contribution in [0.3, 0.4) is 0 Å². The molecule has 11 atom stereocenters. The Hall–Kier alpha value is -13.7.